The topological polar surface area (TPSA) is 21.6 Å². The second-order valence-electron chi connectivity index (χ2n) is 4.79. The van der Waals surface area contributed by atoms with Crippen molar-refractivity contribution in [1.82, 2.24) is 0 Å². The number of hydrogen-bond donors (Lipinski definition) is 0. The molecule has 19 heavy (non-hydrogen) atoms. The van der Waals surface area contributed by atoms with E-state index in [4.69, 9.17) is 4.74 Å². The maximum atomic E-state index is 14.4. The van der Waals surface area contributed by atoms with Gasteiger partial charge < -0.3 is 4.74 Å². The lowest BCUT2D eigenvalue weighted by Crippen LogP contribution is -2.28. The monoisotopic (exact) mass is 255 g/mol. The van der Waals surface area contributed by atoms with Gasteiger partial charge >= 0.3 is 0 Å². The van der Waals surface area contributed by atoms with Crippen LogP contribution in [0.15, 0.2) is 59.6 Å². The predicted octanol–water partition coefficient (Wildman–Crippen LogP) is 4.02. The molecule has 2 aromatic rings. The van der Waals surface area contributed by atoms with Crippen LogP contribution in [-0.4, -0.2) is 11.8 Å². The number of halogens is 1. The summed E-state index contributed by atoms with van der Waals surface area (Å²) in [7, 11) is 0. The molecule has 1 aliphatic heterocycles. The van der Waals surface area contributed by atoms with E-state index < -0.39 is 5.85 Å². The van der Waals surface area contributed by atoms with Gasteiger partial charge in [0.05, 0.1) is 5.69 Å². The number of ether oxygens (including phenoxy) is 1. The highest BCUT2D eigenvalue weighted by Crippen LogP contribution is 2.31. The number of hydrogen-bond acceptors (Lipinski definition) is 2. The lowest BCUT2D eigenvalue weighted by Gasteiger charge is -2.20. The van der Waals surface area contributed by atoms with Crippen molar-refractivity contribution in [2.75, 3.05) is 0 Å². The Morgan fingerprint density at radius 3 is 2.53 bits per heavy atom. The summed E-state index contributed by atoms with van der Waals surface area (Å²) in [5.74, 6) is -1.42. The van der Waals surface area contributed by atoms with Crippen LogP contribution < -0.4 is 0 Å². The molecular formula is C16H14FNO. The first-order valence-corrected chi connectivity index (χ1v) is 6.24. The van der Waals surface area contributed by atoms with E-state index in [1.165, 1.54) is 6.92 Å². The van der Waals surface area contributed by atoms with Gasteiger partial charge in [-0.2, -0.15) is 4.39 Å². The van der Waals surface area contributed by atoms with Crippen molar-refractivity contribution in [3.63, 3.8) is 0 Å². The molecule has 1 heterocycles. The Morgan fingerprint density at radius 2 is 1.74 bits per heavy atom. The summed E-state index contributed by atoms with van der Waals surface area (Å²) in [5.41, 5.74) is 2.41. The molecule has 1 unspecified atom stereocenters. The highest BCUT2D eigenvalue weighted by atomic mass is 19.2. The average Bonchev–Trinajstić information content (AvgIpc) is 2.54. The molecule has 0 bridgehead atoms. The third kappa shape index (κ3) is 2.50. The molecule has 2 nitrogen and oxygen atoms in total. The van der Waals surface area contributed by atoms with Crippen molar-refractivity contribution in [3.8, 4) is 0 Å². The minimum absolute atomic E-state index is 0.197. The average molecular weight is 255 g/mol. The zero-order valence-electron chi connectivity index (χ0n) is 10.6. The van der Waals surface area contributed by atoms with Crippen LogP contribution in [0.3, 0.4) is 0 Å². The summed E-state index contributed by atoms with van der Waals surface area (Å²) in [6.45, 7) is 1.44. The van der Waals surface area contributed by atoms with E-state index in [0.717, 1.165) is 16.8 Å². The molecule has 3 heteroatoms. The normalized spacial score (nSPS) is 21.9. The molecule has 0 amide bonds. The van der Waals surface area contributed by atoms with Gasteiger partial charge in [0.2, 0.25) is 5.90 Å². The number of rotatable bonds is 1. The molecule has 96 valence electrons. The van der Waals surface area contributed by atoms with Crippen LogP contribution in [0.5, 0.6) is 0 Å². The Morgan fingerprint density at radius 1 is 1.05 bits per heavy atom. The van der Waals surface area contributed by atoms with Crippen LogP contribution in [0, 0.1) is 0 Å². The SMILES string of the molecule is CC1(F)Cc2ccccc2N=C(c2ccccc2)O1. The van der Waals surface area contributed by atoms with E-state index in [1.54, 1.807) is 0 Å². The quantitative estimate of drug-likeness (QED) is 0.754. The minimum atomic E-state index is -1.75. The number of fused-ring (bicyclic) bond motifs is 1. The van der Waals surface area contributed by atoms with Gasteiger partial charge in [0.25, 0.3) is 5.85 Å². The second-order valence-corrected chi connectivity index (χ2v) is 4.79. The maximum absolute atomic E-state index is 14.4. The third-order valence-corrected chi connectivity index (χ3v) is 3.05. The molecule has 0 saturated heterocycles. The summed E-state index contributed by atoms with van der Waals surface area (Å²) in [6.07, 6.45) is 0.197. The van der Waals surface area contributed by atoms with Crippen molar-refractivity contribution in [1.29, 1.82) is 0 Å². The van der Waals surface area contributed by atoms with E-state index in [9.17, 15) is 4.39 Å². The Kier molecular flexibility index (Phi) is 2.82. The lowest BCUT2D eigenvalue weighted by molar-refractivity contribution is -0.0528. The molecule has 0 N–H and O–H groups in total. The third-order valence-electron chi connectivity index (χ3n) is 3.05. The molecule has 0 spiro atoms. The largest absolute Gasteiger partial charge is 0.440 e. The second kappa shape index (κ2) is 4.50. The van der Waals surface area contributed by atoms with Gasteiger partial charge in [-0.05, 0) is 23.8 Å². The lowest BCUT2D eigenvalue weighted by atomic mass is 10.1. The summed E-state index contributed by atoms with van der Waals surface area (Å²) in [4.78, 5) is 4.46. The van der Waals surface area contributed by atoms with E-state index >= 15 is 0 Å². The van der Waals surface area contributed by atoms with Gasteiger partial charge in [-0.25, -0.2) is 4.99 Å². The Balaban J connectivity index is 2.12. The van der Waals surface area contributed by atoms with Crippen LogP contribution >= 0.6 is 0 Å². The van der Waals surface area contributed by atoms with Crippen LogP contribution in [0.25, 0.3) is 0 Å². The molecule has 0 fully saturated rings. The Hall–Kier alpha value is -2.16. The molecule has 0 aromatic heterocycles. The zero-order valence-corrected chi connectivity index (χ0v) is 10.6. The smallest absolute Gasteiger partial charge is 0.251 e. The standard InChI is InChI=1S/C16H14FNO/c1-16(17)11-13-9-5-6-10-14(13)18-15(19-16)12-7-3-2-4-8-12/h2-10H,11H2,1H3. The van der Waals surface area contributed by atoms with Crippen molar-refractivity contribution < 1.29 is 9.13 Å². The summed E-state index contributed by atoms with van der Waals surface area (Å²) >= 11 is 0. The Labute approximate surface area is 111 Å². The van der Waals surface area contributed by atoms with Crippen molar-refractivity contribution >= 4 is 11.6 Å². The van der Waals surface area contributed by atoms with E-state index in [-0.39, 0.29) is 6.42 Å². The summed E-state index contributed by atoms with van der Waals surface area (Å²) in [6, 6.07) is 16.9. The number of nitrogens with zero attached hydrogens (tertiary/aromatic N) is 1. The van der Waals surface area contributed by atoms with Gasteiger partial charge in [-0.15, -0.1) is 0 Å². The number of para-hydroxylation sites is 1. The molecule has 1 atom stereocenters. The fourth-order valence-electron chi connectivity index (χ4n) is 2.18. The summed E-state index contributed by atoms with van der Waals surface area (Å²) in [5, 5.41) is 0. The highest BCUT2D eigenvalue weighted by Gasteiger charge is 2.31. The summed E-state index contributed by atoms with van der Waals surface area (Å²) < 4.78 is 19.9. The van der Waals surface area contributed by atoms with Gasteiger partial charge in [0.15, 0.2) is 0 Å². The fourth-order valence-corrected chi connectivity index (χ4v) is 2.18. The molecule has 0 aliphatic carbocycles. The molecule has 1 aliphatic rings. The highest BCUT2D eigenvalue weighted by molar-refractivity contribution is 5.96. The molecular weight excluding hydrogens is 241 g/mol. The number of aliphatic imine (C=N–C) groups is 1. The first-order chi connectivity index (χ1) is 9.14. The van der Waals surface area contributed by atoms with Gasteiger partial charge in [-0.3, -0.25) is 0 Å². The van der Waals surface area contributed by atoms with Crippen molar-refractivity contribution in [2.24, 2.45) is 4.99 Å². The van der Waals surface area contributed by atoms with Gasteiger partial charge in [0.1, 0.15) is 0 Å². The van der Waals surface area contributed by atoms with Crippen LogP contribution in [0.1, 0.15) is 18.1 Å². The van der Waals surface area contributed by atoms with Crippen molar-refractivity contribution in [3.05, 3.63) is 65.7 Å². The Bertz CT molecular complexity index is 620. The van der Waals surface area contributed by atoms with Crippen LogP contribution in [0.4, 0.5) is 10.1 Å². The molecule has 2 aromatic carbocycles. The van der Waals surface area contributed by atoms with Crippen LogP contribution in [-0.2, 0) is 11.2 Å². The minimum Gasteiger partial charge on any atom is -0.440 e. The van der Waals surface area contributed by atoms with Gasteiger partial charge in [0, 0.05) is 18.9 Å². The van der Waals surface area contributed by atoms with E-state index in [0.29, 0.717) is 5.90 Å². The first-order valence-electron chi connectivity index (χ1n) is 6.24. The van der Waals surface area contributed by atoms with Gasteiger partial charge in [-0.1, -0.05) is 36.4 Å². The zero-order chi connectivity index (χ0) is 13.3. The van der Waals surface area contributed by atoms with Crippen LogP contribution in [0.2, 0.25) is 0 Å². The fraction of sp³-hybridized carbons (Fsp3) is 0.188. The molecule has 3 rings (SSSR count). The first kappa shape index (κ1) is 11.9. The molecule has 0 saturated carbocycles. The van der Waals surface area contributed by atoms with E-state index in [2.05, 4.69) is 4.99 Å². The number of benzene rings is 2. The molecule has 0 radical (unpaired) electrons. The maximum Gasteiger partial charge on any atom is 0.251 e. The van der Waals surface area contributed by atoms with E-state index in [1.807, 2.05) is 54.6 Å². The predicted molar refractivity (Wildman–Crippen MR) is 73.4 cm³/mol. The number of alkyl halides is 1. The van der Waals surface area contributed by atoms with Crippen molar-refractivity contribution in [2.45, 2.75) is 19.2 Å².